The van der Waals surface area contributed by atoms with Crippen molar-refractivity contribution in [2.75, 3.05) is 20.3 Å². The highest BCUT2D eigenvalue weighted by atomic mass is 32.2. The highest BCUT2D eigenvalue weighted by Crippen LogP contribution is 2.39. The monoisotopic (exact) mass is 499 g/mol. The number of thioether (sulfide) groups is 1. The molecule has 1 saturated heterocycles. The quantitative estimate of drug-likeness (QED) is 0.239. The zero-order valence-corrected chi connectivity index (χ0v) is 21.4. The number of rotatable bonds is 10. The SMILES string of the molecule is CCOc1cc(/C=C2/SC(=S)N(C(C(=O)OC)c3ccccc3)C2=O)ccc1OCCC(C)C. The molecule has 8 heteroatoms. The van der Waals surface area contributed by atoms with Gasteiger partial charge in [-0.05, 0) is 48.6 Å². The number of nitrogens with zero attached hydrogens (tertiary/aromatic N) is 1. The Hall–Kier alpha value is -2.84. The van der Waals surface area contributed by atoms with Gasteiger partial charge in [0.15, 0.2) is 17.5 Å². The average Bonchev–Trinajstić information content (AvgIpc) is 3.09. The number of methoxy groups -OCH3 is 1. The average molecular weight is 500 g/mol. The summed E-state index contributed by atoms with van der Waals surface area (Å²) in [5.74, 6) is 0.936. The van der Waals surface area contributed by atoms with Crippen LogP contribution in [0, 0.1) is 5.92 Å². The maximum absolute atomic E-state index is 13.3. The topological polar surface area (TPSA) is 65.1 Å². The normalized spacial score (nSPS) is 15.7. The first-order chi connectivity index (χ1) is 16.3. The third kappa shape index (κ3) is 6.18. The molecule has 0 spiro atoms. The van der Waals surface area contributed by atoms with Crippen LogP contribution in [0.15, 0.2) is 53.4 Å². The van der Waals surface area contributed by atoms with E-state index in [0.29, 0.717) is 45.4 Å². The minimum Gasteiger partial charge on any atom is -0.490 e. The van der Waals surface area contributed by atoms with Crippen molar-refractivity contribution in [3.8, 4) is 11.5 Å². The van der Waals surface area contributed by atoms with Crippen LogP contribution in [-0.4, -0.2) is 41.4 Å². The van der Waals surface area contributed by atoms with E-state index in [1.807, 2.05) is 31.2 Å². The first kappa shape index (κ1) is 25.8. The van der Waals surface area contributed by atoms with Gasteiger partial charge in [0.25, 0.3) is 5.91 Å². The van der Waals surface area contributed by atoms with Crippen LogP contribution in [0.2, 0.25) is 0 Å². The van der Waals surface area contributed by atoms with Gasteiger partial charge in [0.2, 0.25) is 0 Å². The van der Waals surface area contributed by atoms with E-state index >= 15 is 0 Å². The van der Waals surface area contributed by atoms with Crippen molar-refractivity contribution in [1.82, 2.24) is 4.90 Å². The lowest BCUT2D eigenvalue weighted by Gasteiger charge is -2.24. The Balaban J connectivity index is 1.87. The lowest BCUT2D eigenvalue weighted by Crippen LogP contribution is -2.37. The molecule has 1 atom stereocenters. The molecule has 0 aromatic heterocycles. The summed E-state index contributed by atoms with van der Waals surface area (Å²) >= 11 is 6.64. The fourth-order valence-electron chi connectivity index (χ4n) is 3.40. The van der Waals surface area contributed by atoms with Gasteiger partial charge in [-0.15, -0.1) is 0 Å². The molecule has 2 aromatic carbocycles. The molecule has 1 heterocycles. The minimum atomic E-state index is -0.944. The summed E-state index contributed by atoms with van der Waals surface area (Å²) in [5, 5.41) is 0. The summed E-state index contributed by atoms with van der Waals surface area (Å²) < 4.78 is 16.9. The highest BCUT2D eigenvalue weighted by molar-refractivity contribution is 8.26. The Morgan fingerprint density at radius 3 is 2.50 bits per heavy atom. The van der Waals surface area contributed by atoms with E-state index in [1.54, 1.807) is 30.3 Å². The van der Waals surface area contributed by atoms with Gasteiger partial charge in [0.1, 0.15) is 4.32 Å². The molecule has 6 nitrogen and oxygen atoms in total. The van der Waals surface area contributed by atoms with Crippen LogP contribution >= 0.6 is 24.0 Å². The summed E-state index contributed by atoms with van der Waals surface area (Å²) in [6.07, 6.45) is 2.69. The lowest BCUT2D eigenvalue weighted by atomic mass is 10.1. The van der Waals surface area contributed by atoms with E-state index in [-0.39, 0.29) is 5.91 Å². The molecular formula is C26H29NO5S2. The standard InChI is InChI=1S/C26H29NO5S2/c1-5-31-21-15-18(11-12-20(21)32-14-13-17(2)3)16-22-24(28)27(26(33)34-22)23(25(29)30-4)19-9-7-6-8-10-19/h6-12,15-17,23H,5,13-14H2,1-4H3/b22-16+. The molecular weight excluding hydrogens is 470 g/mol. The van der Waals surface area contributed by atoms with E-state index in [0.717, 1.165) is 23.7 Å². The van der Waals surface area contributed by atoms with Crippen LogP contribution in [0.3, 0.4) is 0 Å². The highest BCUT2D eigenvalue weighted by Gasteiger charge is 2.41. The molecule has 0 bridgehead atoms. The van der Waals surface area contributed by atoms with E-state index in [9.17, 15) is 9.59 Å². The van der Waals surface area contributed by atoms with E-state index in [4.69, 9.17) is 26.4 Å². The van der Waals surface area contributed by atoms with Crippen molar-refractivity contribution < 1.29 is 23.8 Å². The Bertz CT molecular complexity index is 1070. The Morgan fingerprint density at radius 2 is 1.85 bits per heavy atom. The Morgan fingerprint density at radius 1 is 1.12 bits per heavy atom. The number of amides is 1. The molecule has 0 aliphatic carbocycles. The second kappa shape index (κ2) is 12.0. The van der Waals surface area contributed by atoms with Crippen molar-refractivity contribution in [1.29, 1.82) is 0 Å². The minimum absolute atomic E-state index is 0.300. The third-order valence-electron chi connectivity index (χ3n) is 5.14. The molecule has 34 heavy (non-hydrogen) atoms. The van der Waals surface area contributed by atoms with Gasteiger partial charge in [-0.2, -0.15) is 0 Å². The maximum Gasteiger partial charge on any atom is 0.333 e. The number of esters is 1. The van der Waals surface area contributed by atoms with Crippen LogP contribution in [0.1, 0.15) is 44.4 Å². The van der Waals surface area contributed by atoms with Crippen molar-refractivity contribution in [3.63, 3.8) is 0 Å². The molecule has 0 N–H and O–H groups in total. The van der Waals surface area contributed by atoms with Crippen LogP contribution < -0.4 is 9.47 Å². The molecule has 180 valence electrons. The lowest BCUT2D eigenvalue weighted by molar-refractivity contribution is -0.148. The summed E-state index contributed by atoms with van der Waals surface area (Å²) in [6, 6.07) is 13.6. The number of thiocarbonyl (C=S) groups is 1. The van der Waals surface area contributed by atoms with Crippen molar-refractivity contribution >= 4 is 46.3 Å². The van der Waals surface area contributed by atoms with E-state index in [1.165, 1.54) is 12.0 Å². The Kier molecular flexibility index (Phi) is 9.12. The zero-order chi connectivity index (χ0) is 24.7. The predicted octanol–water partition coefficient (Wildman–Crippen LogP) is 5.63. The Labute approximate surface area is 210 Å². The summed E-state index contributed by atoms with van der Waals surface area (Å²) in [5.41, 5.74) is 1.41. The van der Waals surface area contributed by atoms with E-state index < -0.39 is 12.0 Å². The van der Waals surface area contributed by atoms with Crippen molar-refractivity contribution in [2.45, 2.75) is 33.2 Å². The molecule has 3 rings (SSSR count). The van der Waals surface area contributed by atoms with Gasteiger partial charge >= 0.3 is 5.97 Å². The van der Waals surface area contributed by atoms with Gasteiger partial charge < -0.3 is 14.2 Å². The molecule has 1 aliphatic rings. The van der Waals surface area contributed by atoms with Crippen molar-refractivity contribution in [3.05, 3.63) is 64.6 Å². The number of hydrogen-bond acceptors (Lipinski definition) is 7. The van der Waals surface area contributed by atoms with Crippen LogP contribution in [0.5, 0.6) is 11.5 Å². The molecule has 1 fully saturated rings. The second-order valence-electron chi connectivity index (χ2n) is 8.06. The number of ether oxygens (including phenoxy) is 3. The second-order valence-corrected chi connectivity index (χ2v) is 9.73. The van der Waals surface area contributed by atoms with Gasteiger partial charge in [-0.1, -0.05) is 74.2 Å². The molecule has 0 saturated carbocycles. The number of benzene rings is 2. The summed E-state index contributed by atoms with van der Waals surface area (Å²) in [6.45, 7) is 7.30. The largest absolute Gasteiger partial charge is 0.490 e. The fourth-order valence-corrected chi connectivity index (χ4v) is 4.71. The van der Waals surface area contributed by atoms with E-state index in [2.05, 4.69) is 13.8 Å². The first-order valence-electron chi connectivity index (χ1n) is 11.1. The zero-order valence-electron chi connectivity index (χ0n) is 19.8. The maximum atomic E-state index is 13.3. The number of carbonyl (C=O) groups is 2. The molecule has 1 amide bonds. The number of hydrogen-bond donors (Lipinski definition) is 0. The van der Waals surface area contributed by atoms with Gasteiger partial charge in [-0.3, -0.25) is 9.69 Å². The summed E-state index contributed by atoms with van der Waals surface area (Å²) in [4.78, 5) is 27.7. The molecule has 1 aliphatic heterocycles. The van der Waals surface area contributed by atoms with Gasteiger partial charge in [-0.25, -0.2) is 4.79 Å². The summed E-state index contributed by atoms with van der Waals surface area (Å²) in [7, 11) is 1.30. The third-order valence-corrected chi connectivity index (χ3v) is 6.47. The first-order valence-corrected chi connectivity index (χ1v) is 12.4. The van der Waals surface area contributed by atoms with Gasteiger partial charge in [0, 0.05) is 0 Å². The molecule has 2 aromatic rings. The van der Waals surface area contributed by atoms with Crippen LogP contribution in [-0.2, 0) is 14.3 Å². The number of carbonyl (C=O) groups excluding carboxylic acids is 2. The predicted molar refractivity (Wildman–Crippen MR) is 139 cm³/mol. The van der Waals surface area contributed by atoms with Crippen molar-refractivity contribution in [2.24, 2.45) is 5.92 Å². The smallest absolute Gasteiger partial charge is 0.333 e. The van der Waals surface area contributed by atoms with Gasteiger partial charge in [0.05, 0.1) is 25.2 Å². The fraction of sp³-hybridized carbons (Fsp3) is 0.346. The molecule has 1 unspecified atom stereocenters. The molecule has 0 radical (unpaired) electrons. The van der Waals surface area contributed by atoms with Crippen LogP contribution in [0.25, 0.3) is 6.08 Å². The van der Waals surface area contributed by atoms with Crippen LogP contribution in [0.4, 0.5) is 0 Å².